The van der Waals surface area contributed by atoms with Crippen LogP contribution in [-0.2, 0) is 0 Å². The van der Waals surface area contributed by atoms with Crippen molar-refractivity contribution in [2.75, 3.05) is 5.33 Å². The van der Waals surface area contributed by atoms with Gasteiger partial charge in [-0.05, 0) is 12.1 Å². The van der Waals surface area contributed by atoms with Crippen molar-refractivity contribution in [3.63, 3.8) is 0 Å². The average Bonchev–Trinajstić information content (AvgIpc) is 2.02. The summed E-state index contributed by atoms with van der Waals surface area (Å²) in [6.07, 6.45) is 0. The number of carbonyl (C=O) groups is 1. The molecule has 0 saturated heterocycles. The minimum atomic E-state index is -0.851. The average molecular weight is 314 g/mol. The topological polar surface area (TPSA) is 17.1 Å². The minimum Gasteiger partial charge on any atom is -0.293 e. The Hall–Kier alpha value is -0.290. The highest BCUT2D eigenvalue weighted by Gasteiger charge is 2.16. The summed E-state index contributed by atoms with van der Waals surface area (Å²) in [4.78, 5) is 11.0. The number of alkyl halides is 1. The molecule has 0 saturated carbocycles. The summed E-state index contributed by atoms with van der Waals surface area (Å²) in [6, 6.07) is 2.11. The predicted octanol–water partition coefficient (Wildman–Crippen LogP) is 3.30. The van der Waals surface area contributed by atoms with E-state index in [0.717, 1.165) is 12.1 Å². The first-order valence-electron chi connectivity index (χ1n) is 3.30. The summed E-state index contributed by atoms with van der Waals surface area (Å²) >= 11 is 5.76. The van der Waals surface area contributed by atoms with Crippen LogP contribution in [-0.4, -0.2) is 11.1 Å². The molecule has 0 atom stereocenters. The molecule has 0 bridgehead atoms. The monoisotopic (exact) mass is 312 g/mol. The number of ketones is 1. The maximum Gasteiger partial charge on any atom is 0.179 e. The molecule has 0 amide bonds. The van der Waals surface area contributed by atoms with Crippen LogP contribution in [0.25, 0.3) is 0 Å². The van der Waals surface area contributed by atoms with Crippen LogP contribution < -0.4 is 0 Å². The molecule has 0 N–H and O–H groups in total. The third-order valence-electron chi connectivity index (χ3n) is 1.41. The highest BCUT2D eigenvalue weighted by Crippen LogP contribution is 2.20. The van der Waals surface area contributed by atoms with Gasteiger partial charge in [0.2, 0.25) is 0 Å². The van der Waals surface area contributed by atoms with E-state index in [9.17, 15) is 13.6 Å². The maximum absolute atomic E-state index is 13.0. The first-order valence-corrected chi connectivity index (χ1v) is 5.21. The molecule has 0 radical (unpaired) electrons. The van der Waals surface area contributed by atoms with Gasteiger partial charge >= 0.3 is 0 Å². The Kier molecular flexibility index (Phi) is 3.55. The molecule has 0 aromatic heterocycles. The largest absolute Gasteiger partial charge is 0.293 e. The van der Waals surface area contributed by atoms with Crippen LogP contribution in [0.3, 0.4) is 0 Å². The molecule has 0 fully saturated rings. The lowest BCUT2D eigenvalue weighted by Gasteiger charge is -2.01. The number of hydrogen-bond donors (Lipinski definition) is 0. The molecular formula is C8H4Br2F2O. The smallest absolute Gasteiger partial charge is 0.179 e. The Morgan fingerprint density at radius 2 is 1.77 bits per heavy atom. The van der Waals surface area contributed by atoms with Crippen molar-refractivity contribution < 1.29 is 13.6 Å². The van der Waals surface area contributed by atoms with E-state index in [4.69, 9.17) is 0 Å². The van der Waals surface area contributed by atoms with Gasteiger partial charge in [-0.15, -0.1) is 0 Å². The Balaban J connectivity index is 3.28. The van der Waals surface area contributed by atoms with Gasteiger partial charge in [-0.1, -0.05) is 31.9 Å². The van der Waals surface area contributed by atoms with E-state index in [1.807, 2.05) is 0 Å². The van der Waals surface area contributed by atoms with E-state index in [1.54, 1.807) is 0 Å². The molecule has 1 nitrogen and oxygen atoms in total. The van der Waals surface area contributed by atoms with Crippen molar-refractivity contribution in [1.29, 1.82) is 0 Å². The Morgan fingerprint density at radius 3 is 2.15 bits per heavy atom. The standard InChI is InChI=1S/C8H4Br2F2O/c9-3-7(13)8-5(11)1-4(10)2-6(8)12/h1-2H,3H2. The lowest BCUT2D eigenvalue weighted by atomic mass is 10.1. The molecule has 70 valence electrons. The van der Waals surface area contributed by atoms with Crippen molar-refractivity contribution in [1.82, 2.24) is 0 Å². The van der Waals surface area contributed by atoms with Crippen molar-refractivity contribution in [2.24, 2.45) is 0 Å². The molecule has 0 aliphatic carbocycles. The van der Waals surface area contributed by atoms with Gasteiger partial charge in [0.15, 0.2) is 5.78 Å². The van der Waals surface area contributed by atoms with Gasteiger partial charge in [-0.25, -0.2) is 8.78 Å². The second-order valence-electron chi connectivity index (χ2n) is 2.30. The Morgan fingerprint density at radius 1 is 1.31 bits per heavy atom. The molecule has 1 aromatic carbocycles. The number of carbonyl (C=O) groups excluding carboxylic acids is 1. The third-order valence-corrected chi connectivity index (χ3v) is 2.37. The summed E-state index contributed by atoms with van der Waals surface area (Å²) in [7, 11) is 0. The van der Waals surface area contributed by atoms with Crippen LogP contribution in [0.15, 0.2) is 16.6 Å². The number of Topliss-reactive ketones (excluding diaryl/α,β-unsaturated/α-hetero) is 1. The summed E-state index contributed by atoms with van der Waals surface area (Å²) in [5.74, 6) is -2.31. The van der Waals surface area contributed by atoms with Crippen LogP contribution >= 0.6 is 31.9 Å². The van der Waals surface area contributed by atoms with Gasteiger partial charge in [0.1, 0.15) is 11.6 Å². The molecule has 1 rings (SSSR count). The molecule has 0 aliphatic rings. The van der Waals surface area contributed by atoms with E-state index in [0.29, 0.717) is 0 Å². The van der Waals surface area contributed by atoms with Crippen LogP contribution in [0.2, 0.25) is 0 Å². The first-order chi connectivity index (χ1) is 6.06. The second-order valence-corrected chi connectivity index (χ2v) is 3.78. The lowest BCUT2D eigenvalue weighted by molar-refractivity contribution is 0.101. The summed E-state index contributed by atoms with van der Waals surface area (Å²) < 4.78 is 26.3. The zero-order valence-corrected chi connectivity index (χ0v) is 9.45. The fourth-order valence-electron chi connectivity index (χ4n) is 0.875. The van der Waals surface area contributed by atoms with Crippen LogP contribution in [0.4, 0.5) is 8.78 Å². The van der Waals surface area contributed by atoms with E-state index >= 15 is 0 Å². The normalized spacial score (nSPS) is 10.2. The van der Waals surface area contributed by atoms with Gasteiger partial charge in [0.05, 0.1) is 10.9 Å². The first kappa shape index (κ1) is 10.8. The van der Waals surface area contributed by atoms with E-state index in [2.05, 4.69) is 31.9 Å². The molecule has 0 aliphatic heterocycles. The number of hydrogen-bond acceptors (Lipinski definition) is 1. The van der Waals surface area contributed by atoms with Gasteiger partial charge in [-0.3, -0.25) is 4.79 Å². The molecule has 0 unspecified atom stereocenters. The Labute approximate surface area is 90.4 Å². The van der Waals surface area contributed by atoms with Crippen LogP contribution in [0.1, 0.15) is 10.4 Å². The number of halogens is 4. The molecule has 13 heavy (non-hydrogen) atoms. The quantitative estimate of drug-likeness (QED) is 0.605. The number of benzene rings is 1. The van der Waals surface area contributed by atoms with Gasteiger partial charge < -0.3 is 0 Å². The summed E-state index contributed by atoms with van der Waals surface area (Å²) in [5.41, 5.74) is -0.500. The second kappa shape index (κ2) is 4.28. The van der Waals surface area contributed by atoms with Crippen molar-refractivity contribution in [2.45, 2.75) is 0 Å². The van der Waals surface area contributed by atoms with Gasteiger partial charge in [-0.2, -0.15) is 0 Å². The minimum absolute atomic E-state index is 0.0948. The van der Waals surface area contributed by atoms with Gasteiger partial charge in [0.25, 0.3) is 0 Å². The Bertz CT molecular complexity index is 329. The van der Waals surface area contributed by atoms with E-state index in [1.165, 1.54) is 0 Å². The fourth-order valence-corrected chi connectivity index (χ4v) is 1.56. The highest BCUT2D eigenvalue weighted by molar-refractivity contribution is 9.10. The van der Waals surface area contributed by atoms with E-state index < -0.39 is 23.0 Å². The lowest BCUT2D eigenvalue weighted by Crippen LogP contribution is -2.06. The van der Waals surface area contributed by atoms with Crippen molar-refractivity contribution in [3.05, 3.63) is 33.8 Å². The van der Waals surface area contributed by atoms with Crippen molar-refractivity contribution in [3.8, 4) is 0 Å². The molecule has 1 aromatic rings. The fraction of sp³-hybridized carbons (Fsp3) is 0.125. The third kappa shape index (κ3) is 2.34. The molecular weight excluding hydrogens is 310 g/mol. The van der Waals surface area contributed by atoms with Crippen LogP contribution in [0, 0.1) is 11.6 Å². The van der Waals surface area contributed by atoms with Crippen molar-refractivity contribution >= 4 is 37.6 Å². The van der Waals surface area contributed by atoms with E-state index in [-0.39, 0.29) is 9.80 Å². The highest BCUT2D eigenvalue weighted by atomic mass is 79.9. The SMILES string of the molecule is O=C(CBr)c1c(F)cc(Br)cc1F. The maximum atomic E-state index is 13.0. The molecule has 0 heterocycles. The van der Waals surface area contributed by atoms with Crippen LogP contribution in [0.5, 0.6) is 0 Å². The molecule has 5 heteroatoms. The van der Waals surface area contributed by atoms with Gasteiger partial charge in [0, 0.05) is 4.47 Å². The predicted molar refractivity (Wildman–Crippen MR) is 52.2 cm³/mol. The summed E-state index contributed by atoms with van der Waals surface area (Å²) in [6.45, 7) is 0. The summed E-state index contributed by atoms with van der Waals surface area (Å²) in [5, 5.41) is -0.0948. The zero-order chi connectivity index (χ0) is 10.0. The number of rotatable bonds is 2. The molecule has 0 spiro atoms. The zero-order valence-electron chi connectivity index (χ0n) is 6.28.